The summed E-state index contributed by atoms with van der Waals surface area (Å²) < 4.78 is 31.9. The van der Waals surface area contributed by atoms with Gasteiger partial charge in [0.05, 0.1) is 0 Å². The Morgan fingerprint density at radius 2 is 1.46 bits per heavy atom. The van der Waals surface area contributed by atoms with Crippen LogP contribution in [0.5, 0.6) is 0 Å². The summed E-state index contributed by atoms with van der Waals surface area (Å²) in [5.41, 5.74) is -2.27. The number of esters is 1. The van der Waals surface area contributed by atoms with Gasteiger partial charge in [-0.2, -0.15) is 0 Å². The molecule has 16 heteroatoms. The quantitative estimate of drug-likeness (QED) is 0.0731. The Labute approximate surface area is 375 Å². The van der Waals surface area contributed by atoms with E-state index in [1.165, 1.54) is 0 Å². The van der Waals surface area contributed by atoms with Gasteiger partial charge in [0.25, 0.3) is 0 Å². The van der Waals surface area contributed by atoms with Crippen LogP contribution < -0.4 is 42.5 Å². The van der Waals surface area contributed by atoms with Gasteiger partial charge in [0.15, 0.2) is 0 Å². The summed E-state index contributed by atoms with van der Waals surface area (Å²) in [6.45, 7) is 17.1. The van der Waals surface area contributed by atoms with Gasteiger partial charge < -0.3 is 4.74 Å². The monoisotopic (exact) mass is 988 g/mol. The SMILES string of the molecule is CCC(C)(C)S(=O)(=O)CC1(NC(=O)N[C@H](C(=O)N2CC3[I-]C(C)(C)C3[C@H]2C(=O)NC(CC2CCC2)C(=O)C(=O)NCCC(=O)OC(C)(C)C)C2(C)CCCCC2)CCCCC1. The minimum atomic E-state index is -3.61. The van der Waals surface area contributed by atoms with Crippen molar-refractivity contribution in [3.05, 3.63) is 0 Å². The number of carbonyl (C=O) groups is 6. The molecule has 0 aromatic carbocycles. The van der Waals surface area contributed by atoms with E-state index in [1.807, 2.05) is 13.8 Å². The van der Waals surface area contributed by atoms with Crippen LogP contribution in [-0.2, 0) is 38.5 Å². The van der Waals surface area contributed by atoms with E-state index in [0.29, 0.717) is 45.1 Å². The maximum atomic E-state index is 15.3. The molecule has 2 saturated heterocycles. The molecule has 5 rings (SSSR count). The number of fused-ring (bicyclic) bond motifs is 1. The normalized spacial score (nSPS) is 25.8. The summed E-state index contributed by atoms with van der Waals surface area (Å²) in [6, 6.07) is -3.56. The second-order valence-electron chi connectivity index (χ2n) is 21.2. The van der Waals surface area contributed by atoms with Crippen LogP contribution in [0.25, 0.3) is 0 Å². The molecule has 5 amide bonds. The number of nitrogens with one attached hydrogen (secondary N) is 4. The van der Waals surface area contributed by atoms with Gasteiger partial charge in [0.2, 0.25) is 0 Å². The van der Waals surface area contributed by atoms with Crippen molar-refractivity contribution in [3.63, 3.8) is 0 Å². The number of nitrogens with zero attached hydrogens (tertiary/aromatic N) is 1. The van der Waals surface area contributed by atoms with Crippen LogP contribution >= 0.6 is 0 Å². The van der Waals surface area contributed by atoms with Crippen LogP contribution in [0.2, 0.25) is 0 Å². The summed E-state index contributed by atoms with van der Waals surface area (Å²) >= 11 is -0.389. The first-order chi connectivity index (χ1) is 28.3. The van der Waals surface area contributed by atoms with E-state index in [1.54, 1.807) is 39.5 Å². The minimum absolute atomic E-state index is 0.0928. The fourth-order valence-electron chi connectivity index (χ4n) is 10.2. The number of alkyl halides is 2. The third kappa shape index (κ3) is 11.8. The second kappa shape index (κ2) is 19.3. The third-order valence-electron chi connectivity index (χ3n) is 14.5. The molecule has 3 saturated carbocycles. The molecule has 5 fully saturated rings. The second-order valence-corrected chi connectivity index (χ2v) is 28.8. The molecule has 61 heavy (non-hydrogen) atoms. The number of amides is 5. The molecular formula is C45H75IN5O9S-. The number of halogens is 1. The van der Waals surface area contributed by atoms with E-state index < -0.39 is 78.9 Å². The first-order valence-corrected chi connectivity index (χ1v) is 26.9. The molecule has 3 unspecified atom stereocenters. The molecular weight excluding hydrogens is 913 g/mol. The van der Waals surface area contributed by atoms with E-state index in [-0.39, 0.29) is 65.0 Å². The zero-order valence-electron chi connectivity index (χ0n) is 38.3. The zero-order chi connectivity index (χ0) is 45.2. The van der Waals surface area contributed by atoms with Gasteiger partial charge in [0.1, 0.15) is 5.60 Å². The molecule has 4 N–H and O–H groups in total. The van der Waals surface area contributed by atoms with Gasteiger partial charge in [-0.1, -0.05) is 6.92 Å². The van der Waals surface area contributed by atoms with Crippen molar-refractivity contribution in [3.8, 4) is 0 Å². The van der Waals surface area contributed by atoms with Gasteiger partial charge in [0, 0.05) is 0 Å². The predicted molar refractivity (Wildman–Crippen MR) is 230 cm³/mol. The third-order valence-corrected chi connectivity index (χ3v) is 21.7. The predicted octanol–water partition coefficient (Wildman–Crippen LogP) is 2.10. The fraction of sp³-hybridized carbons (Fsp3) is 0.867. The summed E-state index contributed by atoms with van der Waals surface area (Å²) in [4.78, 5) is 85.3. The molecule has 0 bridgehead atoms. The van der Waals surface area contributed by atoms with E-state index >= 15 is 4.79 Å². The number of ether oxygens (including phenoxy) is 1. The van der Waals surface area contributed by atoms with Crippen molar-refractivity contribution < 1.29 is 63.1 Å². The summed E-state index contributed by atoms with van der Waals surface area (Å²) in [5, 5.41) is 11.7. The summed E-state index contributed by atoms with van der Waals surface area (Å²) in [5.74, 6) is -3.16. The Bertz CT molecular complexity index is 1760. The van der Waals surface area contributed by atoms with Gasteiger partial charge in [-0.15, -0.1) is 0 Å². The van der Waals surface area contributed by atoms with Crippen molar-refractivity contribution in [1.29, 1.82) is 0 Å². The summed E-state index contributed by atoms with van der Waals surface area (Å²) in [7, 11) is -3.61. The Morgan fingerprint density at radius 3 is 2.00 bits per heavy atom. The molecule has 0 spiro atoms. The van der Waals surface area contributed by atoms with Gasteiger partial charge in [-0.3, -0.25) is 4.79 Å². The van der Waals surface area contributed by atoms with Crippen LogP contribution in [0.4, 0.5) is 4.79 Å². The molecule has 0 aromatic heterocycles. The van der Waals surface area contributed by atoms with Gasteiger partial charge in [-0.25, -0.2) is 0 Å². The topological polar surface area (TPSA) is 197 Å². The number of rotatable bonds is 17. The average Bonchev–Trinajstić information content (AvgIpc) is 3.48. The van der Waals surface area contributed by atoms with Crippen LogP contribution in [0.15, 0.2) is 0 Å². The van der Waals surface area contributed by atoms with Crippen molar-refractivity contribution in [2.75, 3.05) is 18.8 Å². The molecule has 3 aliphatic carbocycles. The number of Topliss-reactive ketones (excluding diaryl/α,β-unsaturated/α-hetero) is 1. The average molecular weight is 989 g/mol. The number of carbonyl (C=O) groups excluding carboxylic acids is 6. The molecule has 0 radical (unpaired) electrons. The van der Waals surface area contributed by atoms with Crippen LogP contribution in [0.1, 0.15) is 165 Å². The number of hydrogen-bond acceptors (Lipinski definition) is 9. The van der Waals surface area contributed by atoms with Gasteiger partial charge >= 0.3 is 314 Å². The van der Waals surface area contributed by atoms with E-state index in [9.17, 15) is 32.4 Å². The Balaban J connectivity index is 1.38. The van der Waals surface area contributed by atoms with E-state index in [0.717, 1.165) is 57.8 Å². The summed E-state index contributed by atoms with van der Waals surface area (Å²) in [6.07, 6.45) is 11.1. The Hall–Kier alpha value is -2.50. The van der Waals surface area contributed by atoms with Crippen LogP contribution in [0.3, 0.4) is 0 Å². The number of ketones is 1. The molecule has 0 aromatic rings. The van der Waals surface area contributed by atoms with Crippen molar-refractivity contribution >= 4 is 45.3 Å². The van der Waals surface area contributed by atoms with Crippen molar-refractivity contribution in [2.45, 2.75) is 206 Å². The number of urea groups is 1. The van der Waals surface area contributed by atoms with Gasteiger partial charge in [-0.05, 0) is 41.0 Å². The molecule has 14 nitrogen and oxygen atoms in total. The molecule has 2 heterocycles. The molecule has 5 aliphatic rings. The molecule has 348 valence electrons. The standard InChI is InChI=1S/C45H75IN5O9S/c1-10-42(5,6)61(58,59)28-45(23-15-12-16-24-45)50-40(57)49-36(44(9)21-13-11-14-22-44)39(56)51-27-30-33(43(7,8)46-30)34(51)37(54)48-31(26-29-18-17-19-29)35(53)38(55)47-25-20-32(52)60-41(2,3)4/h29-31,33-34,36H,10-28H2,1-9H3,(H,47,55)(H,48,54)(H2,49,50,57)/q-1/t30?,31?,33?,34-,36+/m0/s1. The first kappa shape index (κ1) is 49.5. The first-order valence-electron chi connectivity index (χ1n) is 22.9. The molecule has 2 aliphatic heterocycles. The maximum absolute atomic E-state index is 15.3. The number of hydrogen-bond donors (Lipinski definition) is 4. The van der Waals surface area contributed by atoms with Crippen LogP contribution in [0, 0.1) is 17.3 Å². The van der Waals surface area contributed by atoms with E-state index in [2.05, 4.69) is 35.1 Å². The number of sulfone groups is 1. The number of likely N-dealkylation sites (tertiary alicyclic amines) is 1. The van der Waals surface area contributed by atoms with Crippen molar-refractivity contribution in [2.24, 2.45) is 17.3 Å². The van der Waals surface area contributed by atoms with E-state index in [4.69, 9.17) is 4.74 Å². The molecule has 5 atom stereocenters. The van der Waals surface area contributed by atoms with Crippen LogP contribution in [-0.4, -0.2) is 109 Å². The Morgan fingerprint density at radius 1 is 0.852 bits per heavy atom. The fourth-order valence-corrected chi connectivity index (χ4v) is 17.0. The van der Waals surface area contributed by atoms with Crippen molar-refractivity contribution in [1.82, 2.24) is 26.2 Å². The Kier molecular flexibility index (Phi) is 15.7. The zero-order valence-corrected chi connectivity index (χ0v) is 41.3.